The van der Waals surface area contributed by atoms with E-state index in [0.717, 1.165) is 0 Å². The third kappa shape index (κ3) is 4.04. The number of nitrogens with zero attached hydrogens (tertiary/aromatic N) is 4. The maximum absolute atomic E-state index is 11.6. The quantitative estimate of drug-likeness (QED) is 0.514. The fourth-order valence-electron chi connectivity index (χ4n) is 1.55. The van der Waals surface area contributed by atoms with E-state index in [1.54, 1.807) is 18.2 Å². The standard InChI is InChI=1S/C14H11N5O3/c20-14(12-10-15-8-9-16-12)18-17-7-3-5-11-4-1-2-6-13(11)19(21)22/h1-10H,(H,18,20)/b5-3+,17-7+. The minimum atomic E-state index is -0.497. The largest absolute Gasteiger partial charge is 0.291 e. The molecule has 0 saturated carbocycles. The summed E-state index contributed by atoms with van der Waals surface area (Å²) in [6, 6.07) is 6.30. The van der Waals surface area contributed by atoms with Crippen LogP contribution in [0.15, 0.2) is 54.0 Å². The molecule has 0 radical (unpaired) electrons. The lowest BCUT2D eigenvalue weighted by Gasteiger charge is -1.96. The number of carbonyl (C=O) groups excluding carboxylic acids is 1. The van der Waals surface area contributed by atoms with Crippen molar-refractivity contribution >= 4 is 23.9 Å². The second kappa shape index (κ2) is 7.39. The highest BCUT2D eigenvalue weighted by atomic mass is 16.6. The lowest BCUT2D eigenvalue weighted by molar-refractivity contribution is -0.385. The fourth-order valence-corrected chi connectivity index (χ4v) is 1.55. The number of allylic oxidation sites excluding steroid dienone is 1. The maximum atomic E-state index is 11.6. The summed E-state index contributed by atoms with van der Waals surface area (Å²) in [5.74, 6) is -0.497. The van der Waals surface area contributed by atoms with Gasteiger partial charge in [-0.05, 0) is 18.2 Å². The van der Waals surface area contributed by atoms with Crippen molar-refractivity contribution in [3.8, 4) is 0 Å². The Bertz CT molecular complexity index is 728. The summed E-state index contributed by atoms with van der Waals surface area (Å²) in [5.41, 5.74) is 2.85. The van der Waals surface area contributed by atoms with Crippen molar-refractivity contribution in [2.75, 3.05) is 0 Å². The molecule has 8 heteroatoms. The third-order valence-electron chi connectivity index (χ3n) is 2.53. The number of aromatic nitrogens is 2. The summed E-state index contributed by atoms with van der Waals surface area (Å²) in [6.45, 7) is 0. The Morgan fingerprint density at radius 1 is 1.32 bits per heavy atom. The zero-order chi connectivity index (χ0) is 15.8. The van der Waals surface area contributed by atoms with Gasteiger partial charge in [0, 0.05) is 24.7 Å². The number of nitrogens with one attached hydrogen (secondary N) is 1. The normalized spacial score (nSPS) is 10.9. The van der Waals surface area contributed by atoms with Crippen molar-refractivity contribution < 1.29 is 9.72 Å². The molecule has 110 valence electrons. The Labute approximate surface area is 125 Å². The van der Waals surface area contributed by atoms with Gasteiger partial charge in [0.15, 0.2) is 0 Å². The Morgan fingerprint density at radius 3 is 2.86 bits per heavy atom. The number of benzene rings is 1. The molecule has 1 heterocycles. The van der Waals surface area contributed by atoms with Crippen molar-refractivity contribution in [1.82, 2.24) is 15.4 Å². The van der Waals surface area contributed by atoms with Gasteiger partial charge in [-0.25, -0.2) is 10.4 Å². The van der Waals surface area contributed by atoms with Crippen LogP contribution in [0.4, 0.5) is 5.69 Å². The van der Waals surface area contributed by atoms with Crippen molar-refractivity contribution in [3.63, 3.8) is 0 Å². The third-order valence-corrected chi connectivity index (χ3v) is 2.53. The van der Waals surface area contributed by atoms with E-state index in [1.807, 2.05) is 0 Å². The van der Waals surface area contributed by atoms with Gasteiger partial charge in [0.2, 0.25) is 0 Å². The van der Waals surface area contributed by atoms with Gasteiger partial charge < -0.3 is 0 Å². The van der Waals surface area contributed by atoms with Crippen LogP contribution < -0.4 is 5.43 Å². The molecule has 0 atom stereocenters. The molecule has 1 aromatic heterocycles. The minimum absolute atomic E-state index is 0.00394. The summed E-state index contributed by atoms with van der Waals surface area (Å²) < 4.78 is 0. The molecule has 0 aliphatic rings. The molecule has 0 fully saturated rings. The van der Waals surface area contributed by atoms with E-state index in [0.29, 0.717) is 5.56 Å². The van der Waals surface area contributed by atoms with Crippen molar-refractivity contribution in [2.24, 2.45) is 5.10 Å². The molecular weight excluding hydrogens is 286 g/mol. The Morgan fingerprint density at radius 2 is 2.14 bits per heavy atom. The number of rotatable bonds is 5. The summed E-state index contributed by atoms with van der Waals surface area (Å²) in [6.07, 6.45) is 8.48. The van der Waals surface area contributed by atoms with Gasteiger partial charge in [0.05, 0.1) is 16.7 Å². The molecule has 0 aliphatic carbocycles. The Balaban J connectivity index is 1.96. The zero-order valence-electron chi connectivity index (χ0n) is 11.3. The van der Waals surface area contributed by atoms with Gasteiger partial charge in [0.1, 0.15) is 5.69 Å². The van der Waals surface area contributed by atoms with Crippen LogP contribution in [0.5, 0.6) is 0 Å². The van der Waals surface area contributed by atoms with Gasteiger partial charge >= 0.3 is 0 Å². The first-order valence-corrected chi connectivity index (χ1v) is 6.18. The number of nitro groups is 1. The van der Waals surface area contributed by atoms with Gasteiger partial charge in [-0.2, -0.15) is 5.10 Å². The topological polar surface area (TPSA) is 110 Å². The van der Waals surface area contributed by atoms with E-state index in [9.17, 15) is 14.9 Å². The number of nitro benzene ring substituents is 1. The summed E-state index contributed by atoms with van der Waals surface area (Å²) in [7, 11) is 0. The summed E-state index contributed by atoms with van der Waals surface area (Å²) in [4.78, 5) is 29.5. The lowest BCUT2D eigenvalue weighted by atomic mass is 10.2. The highest BCUT2D eigenvalue weighted by Crippen LogP contribution is 2.18. The van der Waals surface area contributed by atoms with Crippen LogP contribution in [0.3, 0.4) is 0 Å². The molecule has 2 rings (SSSR count). The van der Waals surface area contributed by atoms with E-state index < -0.39 is 10.8 Å². The second-order valence-corrected chi connectivity index (χ2v) is 3.98. The van der Waals surface area contributed by atoms with Gasteiger partial charge in [-0.3, -0.25) is 19.9 Å². The number of hydrazone groups is 1. The maximum Gasteiger partial charge on any atom is 0.291 e. The molecule has 0 aliphatic heterocycles. The molecular formula is C14H11N5O3. The van der Waals surface area contributed by atoms with Crippen molar-refractivity contribution in [2.45, 2.75) is 0 Å². The molecule has 0 bridgehead atoms. The smallest absolute Gasteiger partial charge is 0.265 e. The van der Waals surface area contributed by atoms with E-state index >= 15 is 0 Å². The number of carbonyl (C=O) groups is 1. The number of hydrogen-bond acceptors (Lipinski definition) is 6. The van der Waals surface area contributed by atoms with Crippen LogP contribution >= 0.6 is 0 Å². The molecule has 1 amide bonds. The molecule has 0 unspecified atom stereocenters. The van der Waals surface area contributed by atoms with Gasteiger partial charge in [-0.15, -0.1) is 0 Å². The average molecular weight is 297 g/mol. The Hall–Kier alpha value is -3.42. The highest BCUT2D eigenvalue weighted by molar-refractivity contribution is 5.92. The summed E-state index contributed by atoms with van der Waals surface area (Å²) >= 11 is 0. The fraction of sp³-hybridized carbons (Fsp3) is 0. The van der Waals surface area contributed by atoms with Crippen molar-refractivity contribution in [3.05, 3.63) is 70.3 Å². The number of hydrogen-bond donors (Lipinski definition) is 1. The molecule has 1 N–H and O–H groups in total. The minimum Gasteiger partial charge on any atom is -0.265 e. The Kier molecular flexibility index (Phi) is 5.03. The highest BCUT2D eigenvalue weighted by Gasteiger charge is 2.08. The molecule has 1 aromatic carbocycles. The van der Waals surface area contributed by atoms with Gasteiger partial charge in [-0.1, -0.05) is 12.1 Å². The van der Waals surface area contributed by atoms with E-state index in [1.165, 1.54) is 43.0 Å². The van der Waals surface area contributed by atoms with Crippen LogP contribution in [0.2, 0.25) is 0 Å². The van der Waals surface area contributed by atoms with E-state index in [2.05, 4.69) is 20.5 Å². The molecule has 2 aromatic rings. The summed E-state index contributed by atoms with van der Waals surface area (Å²) in [5, 5.41) is 14.5. The number of amides is 1. The van der Waals surface area contributed by atoms with E-state index in [4.69, 9.17) is 0 Å². The first kappa shape index (κ1) is 15.0. The van der Waals surface area contributed by atoms with Crippen LogP contribution in [-0.2, 0) is 0 Å². The predicted octanol–water partition coefficient (Wildman–Crippen LogP) is 1.81. The SMILES string of the molecule is O=C(N/N=C/C=C/c1ccccc1[N+](=O)[O-])c1cnccn1. The molecule has 8 nitrogen and oxygen atoms in total. The number of para-hydroxylation sites is 1. The van der Waals surface area contributed by atoms with Crippen LogP contribution in [0.1, 0.15) is 16.1 Å². The molecule has 0 saturated heterocycles. The van der Waals surface area contributed by atoms with Crippen LogP contribution in [-0.4, -0.2) is 27.0 Å². The van der Waals surface area contributed by atoms with Crippen LogP contribution in [0.25, 0.3) is 6.08 Å². The second-order valence-electron chi connectivity index (χ2n) is 3.98. The predicted molar refractivity (Wildman–Crippen MR) is 80.1 cm³/mol. The first-order chi connectivity index (χ1) is 10.7. The molecule has 22 heavy (non-hydrogen) atoms. The lowest BCUT2D eigenvalue weighted by Crippen LogP contribution is -2.18. The monoisotopic (exact) mass is 297 g/mol. The zero-order valence-corrected chi connectivity index (χ0v) is 11.3. The van der Waals surface area contributed by atoms with Crippen LogP contribution in [0, 0.1) is 10.1 Å². The van der Waals surface area contributed by atoms with Crippen molar-refractivity contribution in [1.29, 1.82) is 0 Å². The molecule has 0 spiro atoms. The first-order valence-electron chi connectivity index (χ1n) is 6.18. The van der Waals surface area contributed by atoms with E-state index in [-0.39, 0.29) is 11.4 Å². The average Bonchev–Trinajstić information content (AvgIpc) is 2.55. The van der Waals surface area contributed by atoms with Gasteiger partial charge in [0.25, 0.3) is 11.6 Å².